The molecule has 0 bridgehead atoms. The third kappa shape index (κ3) is 2.63. The van der Waals surface area contributed by atoms with Gasteiger partial charge in [0.05, 0.1) is 18.7 Å². The molecule has 1 aromatic rings. The van der Waals surface area contributed by atoms with E-state index < -0.39 is 0 Å². The number of ether oxygens (including phenoxy) is 2. The van der Waals surface area contributed by atoms with Gasteiger partial charge in [-0.25, -0.2) is 0 Å². The van der Waals surface area contributed by atoms with Crippen LogP contribution in [0, 0.1) is 0 Å². The van der Waals surface area contributed by atoms with Crippen molar-refractivity contribution >= 4 is 15.9 Å². The van der Waals surface area contributed by atoms with Crippen LogP contribution in [0.5, 0.6) is 11.5 Å². The largest absolute Gasteiger partial charge is 0.496 e. The lowest BCUT2D eigenvalue weighted by Crippen LogP contribution is -2.10. The van der Waals surface area contributed by atoms with Crippen LogP contribution < -0.4 is 15.2 Å². The lowest BCUT2D eigenvalue weighted by atomic mass is 10.00. The first-order valence-electron chi connectivity index (χ1n) is 4.75. The Morgan fingerprint density at radius 2 is 1.87 bits per heavy atom. The number of hydrogen-bond acceptors (Lipinski definition) is 3. The molecule has 0 fully saturated rings. The van der Waals surface area contributed by atoms with Gasteiger partial charge in [-0.2, -0.15) is 0 Å². The van der Waals surface area contributed by atoms with Gasteiger partial charge in [0.1, 0.15) is 11.5 Å². The summed E-state index contributed by atoms with van der Waals surface area (Å²) in [6.45, 7) is 2.65. The first-order valence-corrected chi connectivity index (χ1v) is 5.54. The van der Waals surface area contributed by atoms with Crippen LogP contribution in [0.1, 0.15) is 18.4 Å². The highest BCUT2D eigenvalue weighted by Crippen LogP contribution is 2.36. The highest BCUT2D eigenvalue weighted by atomic mass is 79.9. The molecule has 1 unspecified atom stereocenters. The predicted molar refractivity (Wildman–Crippen MR) is 64.7 cm³/mol. The van der Waals surface area contributed by atoms with Crippen molar-refractivity contribution in [1.29, 1.82) is 0 Å². The van der Waals surface area contributed by atoms with Crippen LogP contribution in [0.3, 0.4) is 0 Å². The molecule has 0 spiro atoms. The predicted octanol–water partition coefficient (Wildman–Crippen LogP) is 2.53. The molecule has 4 heteroatoms. The van der Waals surface area contributed by atoms with Crippen molar-refractivity contribution in [2.45, 2.75) is 12.8 Å². The first kappa shape index (κ1) is 12.3. The summed E-state index contributed by atoms with van der Waals surface area (Å²) in [5, 5.41) is 0. The maximum Gasteiger partial charge on any atom is 0.133 e. The molecule has 1 aromatic carbocycles. The van der Waals surface area contributed by atoms with Gasteiger partial charge in [-0.05, 0) is 40.5 Å². The van der Waals surface area contributed by atoms with E-state index >= 15 is 0 Å². The number of nitrogens with two attached hydrogens (primary N) is 1. The summed E-state index contributed by atoms with van der Waals surface area (Å²) in [5.74, 6) is 1.88. The number of methoxy groups -OCH3 is 2. The molecule has 3 nitrogen and oxygen atoms in total. The maximum absolute atomic E-state index is 5.65. The van der Waals surface area contributed by atoms with Gasteiger partial charge in [0.15, 0.2) is 0 Å². The Morgan fingerprint density at radius 3 is 2.33 bits per heavy atom. The number of rotatable bonds is 4. The third-order valence-corrected chi connectivity index (χ3v) is 3.01. The molecule has 0 aliphatic carbocycles. The van der Waals surface area contributed by atoms with Gasteiger partial charge in [-0.1, -0.05) is 6.92 Å². The summed E-state index contributed by atoms with van der Waals surface area (Å²) in [5.41, 5.74) is 6.72. The zero-order valence-electron chi connectivity index (χ0n) is 9.21. The topological polar surface area (TPSA) is 44.5 Å². The third-order valence-electron chi connectivity index (χ3n) is 2.39. The molecule has 0 amide bonds. The Hall–Kier alpha value is -0.740. The monoisotopic (exact) mass is 273 g/mol. The highest BCUT2D eigenvalue weighted by molar-refractivity contribution is 9.10. The Labute approximate surface area is 98.7 Å². The van der Waals surface area contributed by atoms with Gasteiger partial charge in [-0.3, -0.25) is 0 Å². The van der Waals surface area contributed by atoms with E-state index in [2.05, 4.69) is 22.9 Å². The second-order valence-electron chi connectivity index (χ2n) is 3.37. The normalized spacial score (nSPS) is 12.3. The standard InChI is InChI=1S/C11H16BrNO2/c1-7(6-13)8-4-11(15-3)9(12)5-10(8)14-2/h4-5,7H,6,13H2,1-3H3. The van der Waals surface area contributed by atoms with E-state index in [1.807, 2.05) is 12.1 Å². The fourth-order valence-electron chi connectivity index (χ4n) is 1.40. The average Bonchev–Trinajstić information content (AvgIpc) is 2.27. The molecule has 2 N–H and O–H groups in total. The Morgan fingerprint density at radius 1 is 1.27 bits per heavy atom. The zero-order valence-corrected chi connectivity index (χ0v) is 10.8. The number of halogens is 1. The van der Waals surface area contributed by atoms with Crippen LogP contribution in [0.15, 0.2) is 16.6 Å². The fourth-order valence-corrected chi connectivity index (χ4v) is 1.88. The SMILES string of the molecule is COc1cc(C(C)CN)c(OC)cc1Br. The second kappa shape index (κ2) is 5.37. The molecular weight excluding hydrogens is 258 g/mol. The molecule has 0 saturated carbocycles. The van der Waals surface area contributed by atoms with Crippen molar-refractivity contribution in [3.05, 3.63) is 22.2 Å². The van der Waals surface area contributed by atoms with Crippen molar-refractivity contribution < 1.29 is 9.47 Å². The van der Waals surface area contributed by atoms with E-state index in [1.165, 1.54) is 0 Å². The smallest absolute Gasteiger partial charge is 0.133 e. The minimum Gasteiger partial charge on any atom is -0.496 e. The number of hydrogen-bond donors (Lipinski definition) is 1. The van der Waals surface area contributed by atoms with E-state index in [4.69, 9.17) is 15.2 Å². The van der Waals surface area contributed by atoms with Crippen LogP contribution >= 0.6 is 15.9 Å². The molecule has 0 radical (unpaired) electrons. The van der Waals surface area contributed by atoms with Crippen molar-refractivity contribution in [2.75, 3.05) is 20.8 Å². The first-order chi connectivity index (χ1) is 7.13. The van der Waals surface area contributed by atoms with Crippen LogP contribution in [0.25, 0.3) is 0 Å². The zero-order chi connectivity index (χ0) is 11.4. The molecule has 84 valence electrons. The average molecular weight is 274 g/mol. The molecule has 0 aromatic heterocycles. The Bertz CT molecular complexity index is 342. The number of benzene rings is 1. The summed E-state index contributed by atoms with van der Waals surface area (Å²) in [6.07, 6.45) is 0. The molecule has 1 rings (SSSR count). The molecular formula is C11H16BrNO2. The molecule has 0 saturated heterocycles. The maximum atomic E-state index is 5.65. The van der Waals surface area contributed by atoms with Gasteiger partial charge >= 0.3 is 0 Å². The summed E-state index contributed by atoms with van der Waals surface area (Å²) in [6, 6.07) is 3.86. The summed E-state index contributed by atoms with van der Waals surface area (Å²) in [4.78, 5) is 0. The Balaban J connectivity index is 3.22. The lowest BCUT2D eigenvalue weighted by molar-refractivity contribution is 0.394. The minimum absolute atomic E-state index is 0.252. The van der Waals surface area contributed by atoms with Crippen LogP contribution in [-0.2, 0) is 0 Å². The van der Waals surface area contributed by atoms with E-state index in [0.29, 0.717) is 6.54 Å². The van der Waals surface area contributed by atoms with E-state index in [1.54, 1.807) is 14.2 Å². The van der Waals surface area contributed by atoms with Gasteiger partial charge in [0.25, 0.3) is 0 Å². The molecule has 0 heterocycles. The summed E-state index contributed by atoms with van der Waals surface area (Å²) < 4.78 is 11.4. The molecule has 1 atom stereocenters. The van der Waals surface area contributed by atoms with E-state index in [0.717, 1.165) is 21.5 Å². The van der Waals surface area contributed by atoms with Crippen molar-refractivity contribution in [3.8, 4) is 11.5 Å². The van der Waals surface area contributed by atoms with Crippen LogP contribution in [0.2, 0.25) is 0 Å². The molecule has 0 aliphatic heterocycles. The highest BCUT2D eigenvalue weighted by Gasteiger charge is 2.13. The summed E-state index contributed by atoms with van der Waals surface area (Å²) in [7, 11) is 3.30. The van der Waals surface area contributed by atoms with Crippen molar-refractivity contribution in [1.82, 2.24) is 0 Å². The lowest BCUT2D eigenvalue weighted by Gasteiger charge is -2.16. The van der Waals surface area contributed by atoms with Crippen LogP contribution in [-0.4, -0.2) is 20.8 Å². The van der Waals surface area contributed by atoms with Gasteiger partial charge < -0.3 is 15.2 Å². The Kier molecular flexibility index (Phi) is 4.42. The van der Waals surface area contributed by atoms with Gasteiger partial charge in [0, 0.05) is 5.56 Å². The van der Waals surface area contributed by atoms with Gasteiger partial charge in [-0.15, -0.1) is 0 Å². The summed E-state index contributed by atoms with van der Waals surface area (Å²) >= 11 is 3.42. The second-order valence-corrected chi connectivity index (χ2v) is 4.22. The van der Waals surface area contributed by atoms with Gasteiger partial charge in [0.2, 0.25) is 0 Å². The van der Waals surface area contributed by atoms with Crippen molar-refractivity contribution in [3.63, 3.8) is 0 Å². The van der Waals surface area contributed by atoms with Crippen molar-refractivity contribution in [2.24, 2.45) is 5.73 Å². The van der Waals surface area contributed by atoms with E-state index in [-0.39, 0.29) is 5.92 Å². The quantitative estimate of drug-likeness (QED) is 0.917. The van der Waals surface area contributed by atoms with E-state index in [9.17, 15) is 0 Å². The van der Waals surface area contributed by atoms with Crippen LogP contribution in [0.4, 0.5) is 0 Å². The molecule has 0 aliphatic rings. The molecule has 15 heavy (non-hydrogen) atoms. The minimum atomic E-state index is 0.252. The fraction of sp³-hybridized carbons (Fsp3) is 0.455.